The lowest BCUT2D eigenvalue weighted by molar-refractivity contribution is -0.126. The lowest BCUT2D eigenvalue weighted by Gasteiger charge is -2.40. The summed E-state index contributed by atoms with van der Waals surface area (Å²) in [6.45, 7) is 2.52. The van der Waals surface area contributed by atoms with Crippen molar-refractivity contribution in [2.45, 2.75) is 57.0 Å². The fourth-order valence-corrected chi connectivity index (χ4v) is 3.46. The molecule has 0 radical (unpaired) electrons. The number of benzene rings is 1. The molecule has 110 valence electrons. The fraction of sp³-hybridized carbons (Fsp3) is 0.647. The molecule has 1 saturated carbocycles. The molecule has 1 aromatic rings. The molecule has 0 unspecified atom stereocenters. The van der Waals surface area contributed by atoms with Gasteiger partial charge in [-0.3, -0.25) is 4.90 Å². The Hall–Kier alpha value is -0.900. The Balaban J connectivity index is 1.49. The first-order valence-corrected chi connectivity index (χ1v) is 7.89. The molecule has 1 N–H and O–H groups in total. The highest BCUT2D eigenvalue weighted by molar-refractivity contribution is 5.13. The molecule has 0 spiro atoms. The van der Waals surface area contributed by atoms with Crippen molar-refractivity contribution >= 4 is 0 Å². The number of hydrogen-bond acceptors (Lipinski definition) is 3. The quantitative estimate of drug-likeness (QED) is 0.917. The van der Waals surface area contributed by atoms with Gasteiger partial charge in [-0.25, -0.2) is 0 Å². The second kappa shape index (κ2) is 6.25. The maximum atomic E-state index is 10.7. The van der Waals surface area contributed by atoms with Crippen molar-refractivity contribution in [1.82, 2.24) is 4.90 Å². The first kappa shape index (κ1) is 14.1. The van der Waals surface area contributed by atoms with E-state index in [4.69, 9.17) is 4.74 Å². The molecule has 0 amide bonds. The van der Waals surface area contributed by atoms with Gasteiger partial charge >= 0.3 is 0 Å². The van der Waals surface area contributed by atoms with Crippen molar-refractivity contribution < 1.29 is 9.84 Å². The molecule has 1 aromatic carbocycles. The molecule has 0 bridgehead atoms. The van der Waals surface area contributed by atoms with Crippen LogP contribution in [-0.4, -0.2) is 34.9 Å². The van der Waals surface area contributed by atoms with Crippen molar-refractivity contribution in [3.8, 4) is 0 Å². The van der Waals surface area contributed by atoms with Gasteiger partial charge in [0, 0.05) is 13.1 Å². The Morgan fingerprint density at radius 2 is 1.90 bits per heavy atom. The minimum Gasteiger partial charge on any atom is -0.376 e. The molecule has 20 heavy (non-hydrogen) atoms. The van der Waals surface area contributed by atoms with E-state index in [1.807, 2.05) is 18.2 Å². The van der Waals surface area contributed by atoms with Crippen LogP contribution in [0.3, 0.4) is 0 Å². The average Bonchev–Trinajstić information content (AvgIpc) is 2.97. The summed E-state index contributed by atoms with van der Waals surface area (Å²) in [4.78, 5) is 2.25. The van der Waals surface area contributed by atoms with Crippen LogP contribution in [-0.2, 0) is 11.3 Å². The van der Waals surface area contributed by atoms with Crippen molar-refractivity contribution in [2.24, 2.45) is 0 Å². The van der Waals surface area contributed by atoms with Crippen LogP contribution < -0.4 is 0 Å². The number of nitrogens with zero attached hydrogens (tertiary/aromatic N) is 1. The Morgan fingerprint density at radius 1 is 1.15 bits per heavy atom. The molecule has 3 heteroatoms. The SMILES string of the molecule is OC1(N2CC[C@@H](OCc3ccccc3)C2)CCCCC1. The molecular weight excluding hydrogens is 250 g/mol. The maximum absolute atomic E-state index is 10.7. The minimum absolute atomic E-state index is 0.265. The van der Waals surface area contributed by atoms with E-state index in [2.05, 4.69) is 17.0 Å². The van der Waals surface area contributed by atoms with E-state index >= 15 is 0 Å². The predicted octanol–water partition coefficient (Wildman–Crippen LogP) is 2.93. The standard InChI is InChI=1S/C17H25NO2/c19-17(10-5-2-6-11-17)18-12-9-16(13-18)20-14-15-7-3-1-4-8-15/h1,3-4,7-8,16,19H,2,5-6,9-14H2/t16-/m1/s1. The summed E-state index contributed by atoms with van der Waals surface area (Å²) in [7, 11) is 0. The summed E-state index contributed by atoms with van der Waals surface area (Å²) in [6.07, 6.45) is 6.74. The van der Waals surface area contributed by atoms with E-state index < -0.39 is 5.72 Å². The third-order valence-electron chi connectivity index (χ3n) is 4.72. The molecule has 2 aliphatic rings. The Kier molecular flexibility index (Phi) is 4.39. The molecule has 1 heterocycles. The molecule has 2 fully saturated rings. The zero-order valence-corrected chi connectivity index (χ0v) is 12.1. The van der Waals surface area contributed by atoms with Crippen LogP contribution >= 0.6 is 0 Å². The third-order valence-corrected chi connectivity index (χ3v) is 4.72. The van der Waals surface area contributed by atoms with Crippen LogP contribution in [0.2, 0.25) is 0 Å². The van der Waals surface area contributed by atoms with Gasteiger partial charge in [0.2, 0.25) is 0 Å². The Morgan fingerprint density at radius 3 is 2.65 bits per heavy atom. The number of rotatable bonds is 4. The summed E-state index contributed by atoms with van der Waals surface area (Å²) in [6, 6.07) is 10.3. The molecule has 3 nitrogen and oxygen atoms in total. The lowest BCUT2D eigenvalue weighted by atomic mass is 9.90. The Bertz CT molecular complexity index is 414. The van der Waals surface area contributed by atoms with Gasteiger partial charge in [-0.05, 0) is 37.7 Å². The van der Waals surface area contributed by atoms with E-state index in [1.54, 1.807) is 0 Å². The van der Waals surface area contributed by atoms with E-state index in [0.717, 1.165) is 45.2 Å². The number of aliphatic hydroxyl groups is 1. The van der Waals surface area contributed by atoms with E-state index in [-0.39, 0.29) is 6.10 Å². The van der Waals surface area contributed by atoms with Crippen LogP contribution in [0.25, 0.3) is 0 Å². The summed E-state index contributed by atoms with van der Waals surface area (Å²) in [5, 5.41) is 10.7. The van der Waals surface area contributed by atoms with Crippen molar-refractivity contribution in [1.29, 1.82) is 0 Å². The molecule has 1 aliphatic carbocycles. The summed E-state index contributed by atoms with van der Waals surface area (Å²) >= 11 is 0. The molecular formula is C17H25NO2. The van der Waals surface area contributed by atoms with Gasteiger partial charge in [0.25, 0.3) is 0 Å². The van der Waals surface area contributed by atoms with Crippen LogP contribution in [0, 0.1) is 0 Å². The van der Waals surface area contributed by atoms with Gasteiger partial charge in [-0.15, -0.1) is 0 Å². The van der Waals surface area contributed by atoms with Crippen LogP contribution in [0.1, 0.15) is 44.1 Å². The number of likely N-dealkylation sites (tertiary alicyclic amines) is 1. The molecule has 1 aliphatic heterocycles. The fourth-order valence-electron chi connectivity index (χ4n) is 3.46. The maximum Gasteiger partial charge on any atom is 0.118 e. The van der Waals surface area contributed by atoms with Gasteiger partial charge in [-0.2, -0.15) is 0 Å². The van der Waals surface area contributed by atoms with E-state index in [0.29, 0.717) is 6.61 Å². The third kappa shape index (κ3) is 3.22. The molecule has 1 saturated heterocycles. The summed E-state index contributed by atoms with van der Waals surface area (Å²) in [5.74, 6) is 0. The largest absolute Gasteiger partial charge is 0.376 e. The van der Waals surface area contributed by atoms with Gasteiger partial charge in [0.05, 0.1) is 12.7 Å². The monoisotopic (exact) mass is 275 g/mol. The van der Waals surface area contributed by atoms with Gasteiger partial charge in [0.1, 0.15) is 5.72 Å². The summed E-state index contributed by atoms with van der Waals surface area (Å²) < 4.78 is 6.00. The van der Waals surface area contributed by atoms with Crippen LogP contribution in [0.15, 0.2) is 30.3 Å². The second-order valence-electron chi connectivity index (χ2n) is 6.20. The van der Waals surface area contributed by atoms with Crippen LogP contribution in [0.5, 0.6) is 0 Å². The first-order chi connectivity index (χ1) is 9.76. The molecule has 3 rings (SSSR count). The zero-order valence-electron chi connectivity index (χ0n) is 12.1. The lowest BCUT2D eigenvalue weighted by Crippen LogP contribution is -2.49. The molecule has 0 aromatic heterocycles. The highest BCUT2D eigenvalue weighted by atomic mass is 16.5. The highest BCUT2D eigenvalue weighted by Gasteiger charge is 2.39. The van der Waals surface area contributed by atoms with Gasteiger partial charge < -0.3 is 9.84 Å². The minimum atomic E-state index is -0.552. The van der Waals surface area contributed by atoms with Crippen molar-refractivity contribution in [2.75, 3.05) is 13.1 Å². The average molecular weight is 275 g/mol. The predicted molar refractivity (Wildman–Crippen MR) is 79.2 cm³/mol. The highest BCUT2D eigenvalue weighted by Crippen LogP contribution is 2.34. The smallest absolute Gasteiger partial charge is 0.118 e. The zero-order chi connectivity index (χ0) is 13.8. The van der Waals surface area contributed by atoms with Crippen molar-refractivity contribution in [3.63, 3.8) is 0 Å². The second-order valence-corrected chi connectivity index (χ2v) is 6.20. The van der Waals surface area contributed by atoms with Gasteiger partial charge in [-0.1, -0.05) is 36.8 Å². The number of hydrogen-bond donors (Lipinski definition) is 1. The number of ether oxygens (including phenoxy) is 1. The summed E-state index contributed by atoms with van der Waals surface area (Å²) in [5.41, 5.74) is 0.672. The van der Waals surface area contributed by atoms with E-state index in [1.165, 1.54) is 12.0 Å². The topological polar surface area (TPSA) is 32.7 Å². The Labute approximate surface area is 121 Å². The molecule has 1 atom stereocenters. The van der Waals surface area contributed by atoms with E-state index in [9.17, 15) is 5.11 Å². The van der Waals surface area contributed by atoms with Gasteiger partial charge in [0.15, 0.2) is 0 Å². The van der Waals surface area contributed by atoms with Crippen LogP contribution in [0.4, 0.5) is 0 Å². The normalized spacial score (nSPS) is 26.8. The van der Waals surface area contributed by atoms with Crippen molar-refractivity contribution in [3.05, 3.63) is 35.9 Å². The first-order valence-electron chi connectivity index (χ1n) is 7.89.